The average molecular weight is 463 g/mol. The number of ketones is 1. The molecular formula is C30H26N2O3. The van der Waals surface area contributed by atoms with Gasteiger partial charge in [-0.25, -0.2) is 0 Å². The van der Waals surface area contributed by atoms with E-state index < -0.39 is 0 Å². The molecule has 0 saturated carbocycles. The van der Waals surface area contributed by atoms with Gasteiger partial charge in [0.25, 0.3) is 0 Å². The Morgan fingerprint density at radius 2 is 1.69 bits per heavy atom. The molecule has 1 aliphatic carbocycles. The molecule has 0 saturated heterocycles. The van der Waals surface area contributed by atoms with Crippen LogP contribution in [0.25, 0.3) is 10.9 Å². The number of allylic oxidation sites excluding steroid dienone is 2. The van der Waals surface area contributed by atoms with E-state index in [4.69, 9.17) is 9.47 Å². The predicted octanol–water partition coefficient (Wildman–Crippen LogP) is 6.21. The normalized spacial score (nSPS) is 19.1. The lowest BCUT2D eigenvalue weighted by Gasteiger charge is -2.37. The molecule has 3 aromatic carbocycles. The summed E-state index contributed by atoms with van der Waals surface area (Å²) in [6.45, 7) is 0. The first-order valence-corrected chi connectivity index (χ1v) is 11.9. The van der Waals surface area contributed by atoms with Crippen molar-refractivity contribution in [2.24, 2.45) is 0 Å². The Morgan fingerprint density at radius 1 is 0.857 bits per heavy atom. The van der Waals surface area contributed by atoms with Gasteiger partial charge in [-0.15, -0.1) is 0 Å². The molecule has 5 heteroatoms. The van der Waals surface area contributed by atoms with E-state index >= 15 is 0 Å². The van der Waals surface area contributed by atoms with Gasteiger partial charge >= 0.3 is 0 Å². The monoisotopic (exact) mass is 462 g/mol. The highest BCUT2D eigenvalue weighted by Gasteiger charge is 2.39. The summed E-state index contributed by atoms with van der Waals surface area (Å²) in [5.41, 5.74) is 7.05. The SMILES string of the molecule is COc1ccc(C2C3=C(CC(c4ccccc4)CC3=O)Nc3ccc4ncccc4c32)cc1OC. The molecule has 0 spiro atoms. The number of ether oxygens (including phenoxy) is 2. The van der Waals surface area contributed by atoms with E-state index in [0.29, 0.717) is 17.9 Å². The maximum atomic E-state index is 13.9. The minimum atomic E-state index is -0.224. The van der Waals surface area contributed by atoms with Crippen molar-refractivity contribution >= 4 is 22.4 Å². The second kappa shape index (κ2) is 8.58. The minimum Gasteiger partial charge on any atom is -0.493 e. The van der Waals surface area contributed by atoms with Crippen LogP contribution < -0.4 is 14.8 Å². The number of nitrogens with zero attached hydrogens (tertiary/aromatic N) is 1. The number of carbonyl (C=O) groups excluding carboxylic acids is 1. The summed E-state index contributed by atoms with van der Waals surface area (Å²) in [5, 5.41) is 4.69. The number of hydrogen-bond donors (Lipinski definition) is 1. The molecule has 4 aromatic rings. The summed E-state index contributed by atoms with van der Waals surface area (Å²) in [7, 11) is 3.27. The molecule has 0 bridgehead atoms. The van der Waals surface area contributed by atoms with E-state index in [1.807, 2.05) is 48.5 Å². The number of aromatic nitrogens is 1. The quantitative estimate of drug-likeness (QED) is 0.391. The number of anilines is 1. The molecule has 0 radical (unpaired) electrons. The van der Waals surface area contributed by atoms with Gasteiger partial charge in [0.1, 0.15) is 0 Å². The molecule has 0 amide bonds. The van der Waals surface area contributed by atoms with Crippen LogP contribution in [0.5, 0.6) is 11.5 Å². The van der Waals surface area contributed by atoms with Crippen LogP contribution >= 0.6 is 0 Å². The Hall–Kier alpha value is -4.12. The van der Waals surface area contributed by atoms with Gasteiger partial charge in [-0.3, -0.25) is 9.78 Å². The van der Waals surface area contributed by atoms with Crippen LogP contribution in [-0.4, -0.2) is 25.0 Å². The average Bonchev–Trinajstić information content (AvgIpc) is 2.91. The lowest BCUT2D eigenvalue weighted by atomic mass is 9.71. The third-order valence-corrected chi connectivity index (χ3v) is 7.21. The van der Waals surface area contributed by atoms with E-state index in [-0.39, 0.29) is 17.6 Å². The second-order valence-electron chi connectivity index (χ2n) is 9.10. The van der Waals surface area contributed by atoms with Gasteiger partial charge < -0.3 is 14.8 Å². The largest absolute Gasteiger partial charge is 0.493 e. The fourth-order valence-corrected chi connectivity index (χ4v) is 5.61. The van der Waals surface area contributed by atoms with Crippen molar-refractivity contribution in [1.82, 2.24) is 4.98 Å². The fraction of sp³-hybridized carbons (Fsp3) is 0.200. The number of Topliss-reactive ketones (excluding diaryl/α,β-unsaturated/α-hetero) is 1. The van der Waals surface area contributed by atoms with Crippen LogP contribution in [0.2, 0.25) is 0 Å². The number of nitrogens with one attached hydrogen (secondary N) is 1. The van der Waals surface area contributed by atoms with Crippen LogP contribution in [0.3, 0.4) is 0 Å². The third kappa shape index (κ3) is 3.55. The first-order chi connectivity index (χ1) is 17.2. The van der Waals surface area contributed by atoms with Crippen molar-refractivity contribution in [3.63, 3.8) is 0 Å². The molecule has 2 unspecified atom stereocenters. The van der Waals surface area contributed by atoms with Gasteiger partial charge in [-0.2, -0.15) is 0 Å². The fourth-order valence-electron chi connectivity index (χ4n) is 5.61. The summed E-state index contributed by atoms with van der Waals surface area (Å²) in [5.74, 6) is 1.43. The number of pyridine rings is 1. The Balaban J connectivity index is 1.56. The van der Waals surface area contributed by atoms with Crippen LogP contribution in [0.4, 0.5) is 5.69 Å². The van der Waals surface area contributed by atoms with Crippen LogP contribution in [-0.2, 0) is 4.79 Å². The predicted molar refractivity (Wildman–Crippen MR) is 137 cm³/mol. The standard InChI is InChI=1S/C30H26N2O3/c1-34-26-13-10-19(17-27(26)35-2)28-29-21-9-6-14-31-22(21)11-12-23(29)32-24-15-20(16-25(33)30(24)28)18-7-4-3-5-8-18/h3-14,17,20,28,32H,15-16H2,1-2H3. The van der Waals surface area contributed by atoms with E-state index in [1.165, 1.54) is 5.56 Å². The van der Waals surface area contributed by atoms with Gasteiger partial charge in [-0.05, 0) is 59.4 Å². The van der Waals surface area contributed by atoms with E-state index in [1.54, 1.807) is 20.4 Å². The molecule has 174 valence electrons. The van der Waals surface area contributed by atoms with Crippen molar-refractivity contribution in [2.75, 3.05) is 19.5 Å². The molecular weight excluding hydrogens is 436 g/mol. The van der Waals surface area contributed by atoms with Crippen LogP contribution in [0.15, 0.2) is 90.3 Å². The number of methoxy groups -OCH3 is 2. The van der Waals surface area contributed by atoms with E-state index in [9.17, 15) is 4.79 Å². The van der Waals surface area contributed by atoms with Gasteiger partial charge in [0.2, 0.25) is 0 Å². The summed E-state index contributed by atoms with van der Waals surface area (Å²) < 4.78 is 11.1. The molecule has 35 heavy (non-hydrogen) atoms. The summed E-state index contributed by atoms with van der Waals surface area (Å²) in [6, 6.07) is 24.4. The highest BCUT2D eigenvalue weighted by molar-refractivity contribution is 6.04. The van der Waals surface area contributed by atoms with E-state index in [0.717, 1.165) is 45.4 Å². The second-order valence-corrected chi connectivity index (χ2v) is 9.10. The molecule has 1 aliphatic heterocycles. The highest BCUT2D eigenvalue weighted by Crippen LogP contribution is 2.50. The van der Waals surface area contributed by atoms with E-state index in [2.05, 4.69) is 34.6 Å². The van der Waals surface area contributed by atoms with Crippen LogP contribution in [0.1, 0.15) is 41.4 Å². The molecule has 2 aliphatic rings. The zero-order valence-corrected chi connectivity index (χ0v) is 19.7. The maximum Gasteiger partial charge on any atom is 0.162 e. The number of hydrogen-bond acceptors (Lipinski definition) is 5. The molecule has 1 N–H and O–H groups in total. The third-order valence-electron chi connectivity index (χ3n) is 7.21. The maximum absolute atomic E-state index is 13.9. The number of benzene rings is 3. The zero-order chi connectivity index (χ0) is 23.9. The van der Waals surface area contributed by atoms with Crippen molar-refractivity contribution in [2.45, 2.75) is 24.7 Å². The van der Waals surface area contributed by atoms with Gasteiger partial charge in [-0.1, -0.05) is 42.5 Å². The molecule has 2 atom stereocenters. The summed E-state index contributed by atoms with van der Waals surface area (Å²) in [6.07, 6.45) is 3.09. The lowest BCUT2D eigenvalue weighted by Crippen LogP contribution is -2.30. The first kappa shape index (κ1) is 21.4. The van der Waals surface area contributed by atoms with Crippen molar-refractivity contribution in [1.29, 1.82) is 0 Å². The van der Waals surface area contributed by atoms with Gasteiger partial charge in [0.05, 0.1) is 19.7 Å². The Labute approximate surface area is 204 Å². The Bertz CT molecular complexity index is 1480. The number of rotatable bonds is 4. The van der Waals surface area contributed by atoms with Crippen LogP contribution in [0, 0.1) is 0 Å². The molecule has 5 nitrogen and oxygen atoms in total. The van der Waals surface area contributed by atoms with Crippen molar-refractivity contribution in [3.8, 4) is 11.5 Å². The number of carbonyl (C=O) groups is 1. The Kier molecular flexibility index (Phi) is 5.25. The van der Waals surface area contributed by atoms with Gasteiger partial charge in [0.15, 0.2) is 17.3 Å². The summed E-state index contributed by atoms with van der Waals surface area (Å²) >= 11 is 0. The highest BCUT2D eigenvalue weighted by atomic mass is 16.5. The van der Waals surface area contributed by atoms with Crippen molar-refractivity contribution < 1.29 is 14.3 Å². The zero-order valence-electron chi connectivity index (χ0n) is 19.7. The number of fused-ring (bicyclic) bond motifs is 3. The topological polar surface area (TPSA) is 60.5 Å². The lowest BCUT2D eigenvalue weighted by molar-refractivity contribution is -0.116. The van der Waals surface area contributed by atoms with Gasteiger partial charge in [0, 0.05) is 40.9 Å². The molecule has 6 rings (SSSR count). The minimum absolute atomic E-state index is 0.157. The molecule has 1 aromatic heterocycles. The van der Waals surface area contributed by atoms with Crippen molar-refractivity contribution in [3.05, 3.63) is 107 Å². The smallest absolute Gasteiger partial charge is 0.162 e. The molecule has 0 fully saturated rings. The first-order valence-electron chi connectivity index (χ1n) is 11.9. The Morgan fingerprint density at radius 3 is 2.49 bits per heavy atom. The molecule has 2 heterocycles. The summed E-state index contributed by atoms with van der Waals surface area (Å²) in [4.78, 5) is 18.4.